The van der Waals surface area contributed by atoms with Gasteiger partial charge in [-0.2, -0.15) is 0 Å². The molecule has 0 radical (unpaired) electrons. The van der Waals surface area contributed by atoms with E-state index in [0.717, 1.165) is 5.01 Å². The Morgan fingerprint density at radius 3 is 2.05 bits per heavy atom. The number of rotatable bonds is 3. The van der Waals surface area contributed by atoms with Crippen LogP contribution in [-0.4, -0.2) is 23.2 Å². The number of hydrogen-bond donors (Lipinski definition) is 1. The Hall–Kier alpha value is -0.940. The molecular weight excluding hydrogens is 262 g/mol. The average molecular weight is 285 g/mol. The van der Waals surface area contributed by atoms with Crippen LogP contribution in [0.15, 0.2) is 0 Å². The van der Waals surface area contributed by atoms with Crippen molar-refractivity contribution in [1.82, 2.24) is 4.98 Å². The van der Waals surface area contributed by atoms with E-state index in [0.29, 0.717) is 10.6 Å². The van der Waals surface area contributed by atoms with Crippen LogP contribution in [0.3, 0.4) is 0 Å². The molecule has 0 aromatic carbocycles. The minimum atomic E-state index is -0.919. The first-order valence-corrected chi connectivity index (χ1v) is 7.07. The summed E-state index contributed by atoms with van der Waals surface area (Å²) in [6.07, 6.45) is -0.202. The third-order valence-electron chi connectivity index (χ3n) is 2.79. The number of aromatic carboxylic acids is 1. The quantitative estimate of drug-likeness (QED) is 0.915. The number of thiazole rings is 1. The Labute approximate surface area is 118 Å². The van der Waals surface area contributed by atoms with Gasteiger partial charge in [-0.05, 0) is 5.41 Å². The summed E-state index contributed by atoms with van der Waals surface area (Å²) >= 11 is 1.22. The van der Waals surface area contributed by atoms with Gasteiger partial charge in [-0.15, -0.1) is 11.3 Å². The largest absolute Gasteiger partial charge is 0.477 e. The molecule has 0 spiro atoms. The molecule has 1 N–H and O–H groups in total. The molecule has 19 heavy (non-hydrogen) atoms. The number of methoxy groups -OCH3 is 1. The summed E-state index contributed by atoms with van der Waals surface area (Å²) in [6.45, 7) is 12.1. The highest BCUT2D eigenvalue weighted by Gasteiger charge is 2.33. The lowest BCUT2D eigenvalue weighted by atomic mass is 9.88. The number of nitrogens with zero attached hydrogens (tertiary/aromatic N) is 1. The van der Waals surface area contributed by atoms with Crippen molar-refractivity contribution in [1.29, 1.82) is 0 Å². The zero-order chi connectivity index (χ0) is 15.0. The van der Waals surface area contributed by atoms with Crippen molar-refractivity contribution < 1.29 is 14.6 Å². The van der Waals surface area contributed by atoms with Gasteiger partial charge in [-0.25, -0.2) is 9.78 Å². The van der Waals surface area contributed by atoms with Crippen molar-refractivity contribution in [3.63, 3.8) is 0 Å². The molecule has 1 aromatic heterocycles. The molecule has 1 unspecified atom stereocenters. The first-order chi connectivity index (χ1) is 8.48. The van der Waals surface area contributed by atoms with Gasteiger partial charge in [0.2, 0.25) is 0 Å². The monoisotopic (exact) mass is 285 g/mol. The molecular formula is C14H23NO3S. The number of carboxylic acids is 1. The van der Waals surface area contributed by atoms with Crippen LogP contribution in [-0.2, 0) is 10.2 Å². The molecule has 108 valence electrons. The minimum absolute atomic E-state index is 0.127. The van der Waals surface area contributed by atoms with Crippen LogP contribution in [0.2, 0.25) is 0 Å². The van der Waals surface area contributed by atoms with Gasteiger partial charge in [0.05, 0.1) is 5.69 Å². The normalized spacial score (nSPS) is 14.5. The van der Waals surface area contributed by atoms with Crippen molar-refractivity contribution in [2.24, 2.45) is 5.41 Å². The summed E-state index contributed by atoms with van der Waals surface area (Å²) in [7, 11) is 1.63. The predicted molar refractivity (Wildman–Crippen MR) is 77.0 cm³/mol. The third-order valence-corrected chi connectivity index (χ3v) is 3.88. The van der Waals surface area contributed by atoms with E-state index in [1.165, 1.54) is 11.3 Å². The highest BCUT2D eigenvalue weighted by atomic mass is 32.1. The van der Waals surface area contributed by atoms with Crippen LogP contribution >= 0.6 is 11.3 Å². The van der Waals surface area contributed by atoms with Gasteiger partial charge >= 0.3 is 5.97 Å². The lowest BCUT2D eigenvalue weighted by molar-refractivity contribution is 0.0149. The molecule has 0 aliphatic rings. The number of carboxylic acid groups (broad SMARTS) is 1. The zero-order valence-corrected chi connectivity index (χ0v) is 13.5. The topological polar surface area (TPSA) is 59.4 Å². The fourth-order valence-corrected chi connectivity index (χ4v) is 3.37. The molecule has 0 bridgehead atoms. The standard InChI is InChI=1S/C14H23NO3S/c1-13(2,3)9-8(12(16)17)19-11(15-9)10(18-7)14(4,5)6/h10H,1-7H3,(H,16,17). The molecule has 0 saturated heterocycles. The lowest BCUT2D eigenvalue weighted by Crippen LogP contribution is -2.21. The van der Waals surface area contributed by atoms with Crippen LogP contribution in [0.25, 0.3) is 0 Å². The van der Waals surface area contributed by atoms with Crippen LogP contribution in [0.1, 0.15) is 68.0 Å². The highest BCUT2D eigenvalue weighted by molar-refractivity contribution is 7.13. The van der Waals surface area contributed by atoms with E-state index < -0.39 is 5.97 Å². The molecule has 0 saturated carbocycles. The van der Waals surface area contributed by atoms with Crippen LogP contribution in [0.4, 0.5) is 0 Å². The third kappa shape index (κ3) is 3.54. The molecule has 1 rings (SSSR count). The SMILES string of the molecule is COC(c1nc(C(C)(C)C)c(C(=O)O)s1)C(C)(C)C. The fraction of sp³-hybridized carbons (Fsp3) is 0.714. The van der Waals surface area contributed by atoms with Crippen molar-refractivity contribution in [3.05, 3.63) is 15.6 Å². The average Bonchev–Trinajstić information content (AvgIpc) is 2.60. The molecule has 5 heteroatoms. The smallest absolute Gasteiger partial charge is 0.347 e. The van der Waals surface area contributed by atoms with E-state index >= 15 is 0 Å². The second-order valence-corrected chi connectivity index (χ2v) is 7.80. The summed E-state index contributed by atoms with van der Waals surface area (Å²) in [6, 6.07) is 0. The van der Waals surface area contributed by atoms with Gasteiger partial charge in [0, 0.05) is 12.5 Å². The van der Waals surface area contributed by atoms with Gasteiger partial charge in [0.25, 0.3) is 0 Å². The Kier molecular flexibility index (Phi) is 4.42. The maximum absolute atomic E-state index is 11.4. The van der Waals surface area contributed by atoms with Crippen molar-refractivity contribution in [2.45, 2.75) is 53.1 Å². The second-order valence-electron chi connectivity index (χ2n) is 6.77. The Bertz CT molecular complexity index is 466. The van der Waals surface area contributed by atoms with Gasteiger partial charge < -0.3 is 9.84 Å². The Morgan fingerprint density at radius 2 is 1.79 bits per heavy atom. The van der Waals surface area contributed by atoms with Gasteiger partial charge in [-0.3, -0.25) is 0 Å². The van der Waals surface area contributed by atoms with Crippen LogP contribution in [0, 0.1) is 5.41 Å². The van der Waals surface area contributed by atoms with E-state index in [2.05, 4.69) is 25.8 Å². The highest BCUT2D eigenvalue weighted by Crippen LogP contribution is 2.40. The molecule has 0 fully saturated rings. The van der Waals surface area contributed by atoms with E-state index in [1.54, 1.807) is 7.11 Å². The van der Waals surface area contributed by atoms with Crippen molar-refractivity contribution >= 4 is 17.3 Å². The maximum atomic E-state index is 11.4. The molecule has 0 amide bonds. The van der Waals surface area contributed by atoms with Crippen LogP contribution < -0.4 is 0 Å². The van der Waals surface area contributed by atoms with Crippen molar-refractivity contribution in [3.8, 4) is 0 Å². The lowest BCUT2D eigenvalue weighted by Gasteiger charge is -2.27. The Balaban J connectivity index is 3.37. The summed E-state index contributed by atoms with van der Waals surface area (Å²) in [5, 5.41) is 10.1. The number of carbonyl (C=O) groups is 1. The van der Waals surface area contributed by atoms with E-state index in [4.69, 9.17) is 4.74 Å². The first-order valence-electron chi connectivity index (χ1n) is 6.25. The summed E-state index contributed by atoms with van der Waals surface area (Å²) < 4.78 is 5.52. The predicted octanol–water partition coefficient (Wildman–Crippen LogP) is 3.87. The molecule has 0 aliphatic heterocycles. The van der Waals surface area contributed by atoms with Gasteiger partial charge in [-0.1, -0.05) is 41.5 Å². The Morgan fingerprint density at radius 1 is 1.26 bits per heavy atom. The van der Waals surface area contributed by atoms with E-state index in [-0.39, 0.29) is 16.9 Å². The number of ether oxygens (including phenoxy) is 1. The van der Waals surface area contributed by atoms with Gasteiger partial charge in [0.15, 0.2) is 0 Å². The van der Waals surface area contributed by atoms with Crippen molar-refractivity contribution in [2.75, 3.05) is 7.11 Å². The summed E-state index contributed by atoms with van der Waals surface area (Å²) in [5.74, 6) is -0.919. The summed E-state index contributed by atoms with van der Waals surface area (Å²) in [4.78, 5) is 16.2. The number of aromatic nitrogens is 1. The second kappa shape index (κ2) is 5.21. The minimum Gasteiger partial charge on any atom is -0.477 e. The van der Waals surface area contributed by atoms with Crippen LogP contribution in [0.5, 0.6) is 0 Å². The summed E-state index contributed by atoms with van der Waals surface area (Å²) in [5.41, 5.74) is 0.210. The maximum Gasteiger partial charge on any atom is 0.347 e. The molecule has 1 atom stereocenters. The zero-order valence-electron chi connectivity index (χ0n) is 12.7. The fourth-order valence-electron chi connectivity index (χ4n) is 1.93. The molecule has 1 aromatic rings. The van der Waals surface area contributed by atoms with E-state index in [9.17, 15) is 9.90 Å². The first kappa shape index (κ1) is 16.1. The molecule has 1 heterocycles. The molecule has 0 aliphatic carbocycles. The van der Waals surface area contributed by atoms with E-state index in [1.807, 2.05) is 20.8 Å². The molecule has 4 nitrogen and oxygen atoms in total. The van der Waals surface area contributed by atoms with Gasteiger partial charge in [0.1, 0.15) is 16.0 Å². The number of hydrogen-bond acceptors (Lipinski definition) is 4.